The molecule has 8 heteroatoms. The third kappa shape index (κ3) is 4.53. The van der Waals surface area contributed by atoms with Crippen LogP contribution in [0.15, 0.2) is 28.1 Å². The van der Waals surface area contributed by atoms with Gasteiger partial charge in [-0.3, -0.25) is 5.43 Å². The lowest BCUT2D eigenvalue weighted by Crippen LogP contribution is -2.15. The lowest BCUT2D eigenvalue weighted by Gasteiger charge is -2.10. The van der Waals surface area contributed by atoms with Gasteiger partial charge in [0, 0.05) is 0 Å². The van der Waals surface area contributed by atoms with Gasteiger partial charge in [-0.2, -0.15) is 15.2 Å². The van der Waals surface area contributed by atoms with Crippen LogP contribution in [0.4, 0.5) is 5.82 Å². The quantitative estimate of drug-likeness (QED) is 0.595. The molecule has 8 nitrogen and oxygen atoms in total. The van der Waals surface area contributed by atoms with Crippen LogP contribution >= 0.6 is 0 Å². The number of aromatic amines is 1. The van der Waals surface area contributed by atoms with Gasteiger partial charge >= 0.3 is 5.69 Å². The average Bonchev–Trinajstić information content (AvgIpc) is 2.56. The Morgan fingerprint density at radius 1 is 1.39 bits per heavy atom. The molecule has 2 N–H and O–H groups in total. The van der Waals surface area contributed by atoms with Crippen molar-refractivity contribution in [1.29, 1.82) is 0 Å². The van der Waals surface area contributed by atoms with Gasteiger partial charge in [-0.15, -0.1) is 0 Å². The number of methoxy groups -OCH3 is 1. The van der Waals surface area contributed by atoms with E-state index in [2.05, 4.69) is 25.7 Å². The Bertz CT molecular complexity index is 742. The molecule has 0 aliphatic heterocycles. The van der Waals surface area contributed by atoms with Crippen molar-refractivity contribution in [3.05, 3.63) is 39.9 Å². The van der Waals surface area contributed by atoms with Crippen molar-refractivity contribution in [3.8, 4) is 11.5 Å². The molecule has 0 atom stereocenters. The minimum Gasteiger partial charge on any atom is -0.493 e. The number of nitrogens with one attached hydrogen (secondary N) is 2. The molecule has 23 heavy (non-hydrogen) atoms. The number of benzene rings is 1. The number of anilines is 1. The Kier molecular flexibility index (Phi) is 5.67. The SMILES string of the molecule is CCCOc1ccc(/C=N\Nc2nc(=O)[nH]nc2C)cc1OC. The first-order chi connectivity index (χ1) is 11.1. The van der Waals surface area contributed by atoms with E-state index in [1.54, 1.807) is 20.2 Å². The first kappa shape index (κ1) is 16.5. The zero-order chi connectivity index (χ0) is 16.7. The first-order valence-corrected chi connectivity index (χ1v) is 7.17. The zero-order valence-corrected chi connectivity index (χ0v) is 13.3. The summed E-state index contributed by atoms with van der Waals surface area (Å²) in [7, 11) is 1.59. The second-order valence-electron chi connectivity index (χ2n) is 4.70. The van der Waals surface area contributed by atoms with E-state index in [1.165, 1.54) is 0 Å². The highest BCUT2D eigenvalue weighted by Gasteiger charge is 2.05. The van der Waals surface area contributed by atoms with E-state index in [-0.39, 0.29) is 0 Å². The number of nitrogens with zero attached hydrogens (tertiary/aromatic N) is 3. The number of hydrazone groups is 1. The predicted octanol–water partition coefficient (Wildman–Crippen LogP) is 1.72. The van der Waals surface area contributed by atoms with Crippen LogP contribution < -0.4 is 20.6 Å². The number of rotatable bonds is 7. The fourth-order valence-electron chi connectivity index (χ4n) is 1.76. The van der Waals surface area contributed by atoms with Gasteiger partial charge in [-0.25, -0.2) is 9.89 Å². The molecule has 0 aliphatic rings. The van der Waals surface area contributed by atoms with E-state index in [1.807, 2.05) is 25.1 Å². The normalized spacial score (nSPS) is 10.7. The fraction of sp³-hybridized carbons (Fsp3) is 0.333. The molecule has 1 aromatic carbocycles. The maximum absolute atomic E-state index is 11.1. The Labute approximate surface area is 133 Å². The van der Waals surface area contributed by atoms with Crippen molar-refractivity contribution in [2.75, 3.05) is 19.1 Å². The lowest BCUT2D eigenvalue weighted by atomic mass is 10.2. The minimum atomic E-state index is -0.535. The molecule has 0 amide bonds. The topological polar surface area (TPSA) is 101 Å². The standard InChI is InChI=1S/C15H19N5O3/c1-4-7-23-12-6-5-11(8-13(12)22-3)9-16-19-14-10(2)18-20-15(21)17-14/h5-6,8-9H,4,7H2,1-3H3,(H2,17,19,20,21)/b16-9-. The van der Waals surface area contributed by atoms with Gasteiger partial charge in [0.2, 0.25) is 0 Å². The summed E-state index contributed by atoms with van der Waals surface area (Å²) >= 11 is 0. The molecular formula is C15H19N5O3. The van der Waals surface area contributed by atoms with E-state index in [4.69, 9.17) is 9.47 Å². The number of ether oxygens (including phenoxy) is 2. The Morgan fingerprint density at radius 2 is 2.22 bits per heavy atom. The van der Waals surface area contributed by atoms with Crippen LogP contribution in [0.25, 0.3) is 0 Å². The molecule has 1 aromatic heterocycles. The molecule has 0 bridgehead atoms. The average molecular weight is 317 g/mol. The molecule has 0 unspecified atom stereocenters. The highest BCUT2D eigenvalue weighted by Crippen LogP contribution is 2.27. The zero-order valence-electron chi connectivity index (χ0n) is 13.3. The van der Waals surface area contributed by atoms with Crippen molar-refractivity contribution < 1.29 is 9.47 Å². The van der Waals surface area contributed by atoms with Gasteiger partial charge in [0.1, 0.15) is 5.69 Å². The van der Waals surface area contributed by atoms with Gasteiger partial charge in [-0.1, -0.05) is 6.92 Å². The molecule has 0 aliphatic carbocycles. The van der Waals surface area contributed by atoms with Crippen molar-refractivity contribution in [3.63, 3.8) is 0 Å². The third-order valence-corrected chi connectivity index (χ3v) is 2.91. The lowest BCUT2D eigenvalue weighted by molar-refractivity contribution is 0.294. The number of aryl methyl sites for hydroxylation is 1. The third-order valence-electron chi connectivity index (χ3n) is 2.91. The maximum atomic E-state index is 11.1. The summed E-state index contributed by atoms with van der Waals surface area (Å²) in [5.74, 6) is 1.63. The maximum Gasteiger partial charge on any atom is 0.363 e. The summed E-state index contributed by atoms with van der Waals surface area (Å²) in [5.41, 5.74) is 3.52. The van der Waals surface area contributed by atoms with Gasteiger partial charge in [0.25, 0.3) is 0 Å². The van der Waals surface area contributed by atoms with Crippen molar-refractivity contribution >= 4 is 12.0 Å². The second-order valence-corrected chi connectivity index (χ2v) is 4.70. The molecule has 0 saturated heterocycles. The summed E-state index contributed by atoms with van der Waals surface area (Å²) in [4.78, 5) is 14.9. The Morgan fingerprint density at radius 3 is 2.96 bits per heavy atom. The fourth-order valence-corrected chi connectivity index (χ4v) is 1.76. The van der Waals surface area contributed by atoms with Gasteiger partial charge in [-0.05, 0) is 37.1 Å². The minimum absolute atomic E-state index is 0.305. The molecule has 0 fully saturated rings. The van der Waals surface area contributed by atoms with Gasteiger partial charge in [0.05, 0.1) is 19.9 Å². The van der Waals surface area contributed by atoms with Crippen LogP contribution in [0.2, 0.25) is 0 Å². The van der Waals surface area contributed by atoms with Gasteiger partial charge in [0.15, 0.2) is 17.3 Å². The van der Waals surface area contributed by atoms with Gasteiger partial charge < -0.3 is 9.47 Å². The molecule has 1 heterocycles. The molecular weight excluding hydrogens is 298 g/mol. The number of hydrogen-bond donors (Lipinski definition) is 2. The van der Waals surface area contributed by atoms with E-state index >= 15 is 0 Å². The van der Waals surface area contributed by atoms with Crippen molar-refractivity contribution in [2.45, 2.75) is 20.3 Å². The summed E-state index contributed by atoms with van der Waals surface area (Å²) in [6.45, 7) is 4.38. The molecule has 0 radical (unpaired) electrons. The number of hydrogen-bond acceptors (Lipinski definition) is 7. The number of H-pyrrole nitrogens is 1. The van der Waals surface area contributed by atoms with Crippen LogP contribution in [-0.4, -0.2) is 35.1 Å². The van der Waals surface area contributed by atoms with Crippen LogP contribution in [-0.2, 0) is 0 Å². The Balaban J connectivity index is 2.10. The van der Waals surface area contributed by atoms with Crippen molar-refractivity contribution in [2.24, 2.45) is 5.10 Å². The summed E-state index contributed by atoms with van der Waals surface area (Å²) < 4.78 is 10.9. The van der Waals surface area contributed by atoms with Crippen molar-refractivity contribution in [1.82, 2.24) is 15.2 Å². The summed E-state index contributed by atoms with van der Waals surface area (Å²) in [6.07, 6.45) is 2.52. The smallest absolute Gasteiger partial charge is 0.363 e. The van der Waals surface area contributed by atoms with E-state index in [9.17, 15) is 4.79 Å². The number of aromatic nitrogens is 3. The van der Waals surface area contributed by atoms with Crippen LogP contribution in [0.3, 0.4) is 0 Å². The summed E-state index contributed by atoms with van der Waals surface area (Å²) in [6, 6.07) is 5.50. The molecule has 2 aromatic rings. The highest BCUT2D eigenvalue weighted by molar-refractivity contribution is 5.81. The van der Waals surface area contributed by atoms with E-state index in [0.717, 1.165) is 12.0 Å². The van der Waals surface area contributed by atoms with Crippen LogP contribution in [0.5, 0.6) is 11.5 Å². The molecule has 2 rings (SSSR count). The van der Waals surface area contributed by atoms with Crippen LogP contribution in [0, 0.1) is 6.92 Å². The second kappa shape index (κ2) is 7.92. The van der Waals surface area contributed by atoms with Crippen LogP contribution in [0.1, 0.15) is 24.6 Å². The molecule has 0 spiro atoms. The monoisotopic (exact) mass is 317 g/mol. The largest absolute Gasteiger partial charge is 0.493 e. The first-order valence-electron chi connectivity index (χ1n) is 7.17. The highest BCUT2D eigenvalue weighted by atomic mass is 16.5. The predicted molar refractivity (Wildman–Crippen MR) is 87.4 cm³/mol. The molecule has 0 saturated carbocycles. The molecule has 122 valence electrons. The Hall–Kier alpha value is -2.90. The van der Waals surface area contributed by atoms with E-state index < -0.39 is 5.69 Å². The van der Waals surface area contributed by atoms with E-state index in [0.29, 0.717) is 29.6 Å². The summed E-state index contributed by atoms with van der Waals surface area (Å²) in [5, 5.41) is 10.1.